The summed E-state index contributed by atoms with van der Waals surface area (Å²) in [6.45, 7) is 2.02. The van der Waals surface area contributed by atoms with Crippen LogP contribution in [0.15, 0.2) is 78.9 Å². The molecular formula is C23H20O. The Kier molecular flexibility index (Phi) is 3.57. The molecule has 24 heavy (non-hydrogen) atoms. The molecule has 3 aromatic rings. The van der Waals surface area contributed by atoms with Crippen LogP contribution in [0.25, 0.3) is 11.1 Å². The number of hydrogen-bond acceptors (Lipinski definition) is 1. The van der Waals surface area contributed by atoms with Crippen LogP contribution in [-0.4, -0.2) is 6.29 Å². The van der Waals surface area contributed by atoms with Gasteiger partial charge in [-0.05, 0) is 34.2 Å². The number of carbonyl (C=O) groups is 1. The number of carbonyl (C=O) groups excluding carboxylic acids is 1. The Labute approximate surface area is 143 Å². The standard InChI is InChI=1S/C23H20O/c1-17(16-24)15-23(18-9-3-2-4-10-18)21-13-7-5-11-19(21)20-12-6-8-14-22(20)23/h2-14,16-17H,15H2,1H3. The molecule has 0 heterocycles. The van der Waals surface area contributed by atoms with Crippen LogP contribution >= 0.6 is 0 Å². The highest BCUT2D eigenvalue weighted by molar-refractivity contribution is 5.83. The summed E-state index contributed by atoms with van der Waals surface area (Å²) in [6, 6.07) is 27.9. The van der Waals surface area contributed by atoms with Crippen LogP contribution in [0.5, 0.6) is 0 Å². The molecule has 1 aliphatic carbocycles. The quantitative estimate of drug-likeness (QED) is 0.603. The molecule has 0 bridgehead atoms. The fraction of sp³-hybridized carbons (Fsp3) is 0.174. The first-order chi connectivity index (χ1) is 11.8. The van der Waals surface area contributed by atoms with Crippen molar-refractivity contribution in [3.05, 3.63) is 95.6 Å². The molecule has 0 fully saturated rings. The molecule has 4 rings (SSSR count). The second-order valence-electron chi connectivity index (χ2n) is 6.68. The third-order valence-electron chi connectivity index (χ3n) is 5.19. The van der Waals surface area contributed by atoms with Gasteiger partial charge < -0.3 is 4.79 Å². The summed E-state index contributed by atoms with van der Waals surface area (Å²) in [4.78, 5) is 11.5. The monoisotopic (exact) mass is 312 g/mol. The van der Waals surface area contributed by atoms with Gasteiger partial charge in [-0.25, -0.2) is 0 Å². The van der Waals surface area contributed by atoms with Crippen LogP contribution in [0.4, 0.5) is 0 Å². The molecule has 0 aromatic heterocycles. The van der Waals surface area contributed by atoms with Gasteiger partial charge in [0.25, 0.3) is 0 Å². The van der Waals surface area contributed by atoms with E-state index in [1.807, 2.05) is 13.0 Å². The largest absolute Gasteiger partial charge is 0.303 e. The molecule has 1 atom stereocenters. The number of hydrogen-bond donors (Lipinski definition) is 0. The first kappa shape index (κ1) is 14.9. The van der Waals surface area contributed by atoms with Crippen LogP contribution in [0, 0.1) is 5.92 Å². The Bertz CT molecular complexity index is 834. The third kappa shape index (κ3) is 2.05. The van der Waals surface area contributed by atoms with E-state index in [4.69, 9.17) is 0 Å². The second kappa shape index (κ2) is 5.76. The van der Waals surface area contributed by atoms with E-state index in [9.17, 15) is 4.79 Å². The molecule has 0 aliphatic heterocycles. The summed E-state index contributed by atoms with van der Waals surface area (Å²) in [7, 11) is 0. The van der Waals surface area contributed by atoms with E-state index in [2.05, 4.69) is 72.8 Å². The molecule has 3 aromatic carbocycles. The molecule has 1 nitrogen and oxygen atoms in total. The molecule has 0 saturated carbocycles. The summed E-state index contributed by atoms with van der Waals surface area (Å²) in [5.41, 5.74) is 6.20. The minimum Gasteiger partial charge on any atom is -0.303 e. The number of rotatable bonds is 4. The molecule has 1 unspecified atom stereocenters. The number of aldehydes is 1. The summed E-state index contributed by atoms with van der Waals surface area (Å²) in [6.07, 6.45) is 1.86. The lowest BCUT2D eigenvalue weighted by molar-refractivity contribution is -0.111. The summed E-state index contributed by atoms with van der Waals surface area (Å²) >= 11 is 0. The van der Waals surface area contributed by atoms with Crippen molar-refractivity contribution in [1.29, 1.82) is 0 Å². The van der Waals surface area contributed by atoms with Gasteiger partial charge in [-0.3, -0.25) is 0 Å². The van der Waals surface area contributed by atoms with Crippen molar-refractivity contribution in [3.63, 3.8) is 0 Å². The van der Waals surface area contributed by atoms with Gasteiger partial charge in [0.15, 0.2) is 0 Å². The summed E-state index contributed by atoms with van der Waals surface area (Å²) in [5.74, 6) is -0.00980. The Hall–Kier alpha value is -2.67. The normalized spacial score (nSPS) is 15.4. The highest BCUT2D eigenvalue weighted by Gasteiger charge is 2.44. The fourth-order valence-corrected chi connectivity index (χ4v) is 4.23. The first-order valence-corrected chi connectivity index (χ1v) is 8.47. The highest BCUT2D eigenvalue weighted by Crippen LogP contribution is 2.55. The zero-order valence-electron chi connectivity index (χ0n) is 13.8. The van der Waals surface area contributed by atoms with Crippen molar-refractivity contribution >= 4 is 6.29 Å². The van der Waals surface area contributed by atoms with E-state index in [1.54, 1.807) is 0 Å². The van der Waals surface area contributed by atoms with Crippen molar-refractivity contribution in [2.45, 2.75) is 18.8 Å². The molecule has 0 spiro atoms. The average Bonchev–Trinajstić information content (AvgIpc) is 2.94. The average molecular weight is 312 g/mol. The lowest BCUT2D eigenvalue weighted by Gasteiger charge is -2.34. The zero-order valence-corrected chi connectivity index (χ0v) is 13.8. The maximum absolute atomic E-state index is 11.5. The Morgan fingerprint density at radius 3 is 1.83 bits per heavy atom. The topological polar surface area (TPSA) is 17.1 Å². The van der Waals surface area contributed by atoms with E-state index in [0.717, 1.165) is 12.7 Å². The van der Waals surface area contributed by atoms with Gasteiger partial charge >= 0.3 is 0 Å². The van der Waals surface area contributed by atoms with E-state index < -0.39 is 0 Å². The summed E-state index contributed by atoms with van der Waals surface area (Å²) < 4.78 is 0. The van der Waals surface area contributed by atoms with Crippen LogP contribution < -0.4 is 0 Å². The maximum Gasteiger partial charge on any atom is 0.122 e. The van der Waals surface area contributed by atoms with Gasteiger partial charge in [-0.15, -0.1) is 0 Å². The molecule has 118 valence electrons. The number of fused-ring (bicyclic) bond motifs is 3. The Morgan fingerprint density at radius 1 is 0.792 bits per heavy atom. The molecule has 1 aliphatic rings. The molecule has 1 heteroatoms. The van der Waals surface area contributed by atoms with E-state index in [1.165, 1.54) is 27.8 Å². The van der Waals surface area contributed by atoms with Crippen molar-refractivity contribution < 1.29 is 4.79 Å². The van der Waals surface area contributed by atoms with Gasteiger partial charge in [0.05, 0.1) is 0 Å². The smallest absolute Gasteiger partial charge is 0.122 e. The van der Waals surface area contributed by atoms with Crippen molar-refractivity contribution in [3.8, 4) is 11.1 Å². The lowest BCUT2D eigenvalue weighted by Crippen LogP contribution is -2.29. The SMILES string of the molecule is CC(C=O)CC1(c2ccccc2)c2ccccc2-c2ccccc21. The third-order valence-corrected chi connectivity index (χ3v) is 5.19. The van der Waals surface area contributed by atoms with E-state index in [0.29, 0.717) is 0 Å². The second-order valence-corrected chi connectivity index (χ2v) is 6.68. The minimum atomic E-state index is -0.255. The van der Waals surface area contributed by atoms with Gasteiger partial charge in [0.1, 0.15) is 6.29 Å². The van der Waals surface area contributed by atoms with Gasteiger partial charge in [0.2, 0.25) is 0 Å². The van der Waals surface area contributed by atoms with Gasteiger partial charge in [0, 0.05) is 11.3 Å². The van der Waals surface area contributed by atoms with Crippen LogP contribution in [0.3, 0.4) is 0 Å². The van der Waals surface area contributed by atoms with Crippen LogP contribution in [0.1, 0.15) is 30.0 Å². The first-order valence-electron chi connectivity index (χ1n) is 8.47. The molecular weight excluding hydrogens is 292 g/mol. The predicted molar refractivity (Wildman–Crippen MR) is 98.0 cm³/mol. The molecule has 0 N–H and O–H groups in total. The Balaban J connectivity index is 2.08. The van der Waals surface area contributed by atoms with E-state index in [-0.39, 0.29) is 11.3 Å². The van der Waals surface area contributed by atoms with Gasteiger partial charge in [-0.2, -0.15) is 0 Å². The number of benzene rings is 3. The lowest BCUT2D eigenvalue weighted by atomic mass is 9.68. The minimum absolute atomic E-state index is 0.00980. The van der Waals surface area contributed by atoms with Crippen molar-refractivity contribution in [1.82, 2.24) is 0 Å². The highest BCUT2D eigenvalue weighted by atomic mass is 16.1. The van der Waals surface area contributed by atoms with Crippen LogP contribution in [0.2, 0.25) is 0 Å². The van der Waals surface area contributed by atoms with E-state index >= 15 is 0 Å². The fourth-order valence-electron chi connectivity index (χ4n) is 4.23. The zero-order chi connectivity index (χ0) is 16.6. The maximum atomic E-state index is 11.5. The molecule has 0 saturated heterocycles. The Morgan fingerprint density at radius 2 is 1.29 bits per heavy atom. The van der Waals surface area contributed by atoms with Crippen LogP contribution in [-0.2, 0) is 10.2 Å². The molecule has 0 amide bonds. The predicted octanol–water partition coefficient (Wildman–Crippen LogP) is 5.23. The molecule has 0 radical (unpaired) electrons. The summed E-state index contributed by atoms with van der Waals surface area (Å²) in [5, 5.41) is 0. The van der Waals surface area contributed by atoms with Gasteiger partial charge in [-0.1, -0.05) is 85.8 Å². The van der Waals surface area contributed by atoms with Crippen molar-refractivity contribution in [2.75, 3.05) is 0 Å². The van der Waals surface area contributed by atoms with Crippen molar-refractivity contribution in [2.24, 2.45) is 5.92 Å².